The van der Waals surface area contributed by atoms with Crippen molar-refractivity contribution in [3.8, 4) is 66.1 Å². The molecule has 0 aliphatic heterocycles. The number of hydrogen-bond donors (Lipinski definition) is 1. The summed E-state index contributed by atoms with van der Waals surface area (Å²) >= 11 is 4.85. The van der Waals surface area contributed by atoms with E-state index in [0.29, 0.717) is 33.9 Å². The summed E-state index contributed by atoms with van der Waals surface area (Å²) in [5.74, 6) is 1.13. The zero-order valence-corrected chi connectivity index (χ0v) is 30.1. The summed E-state index contributed by atoms with van der Waals surface area (Å²) in [5.41, 5.74) is 5.97. The Morgan fingerprint density at radius 3 is 1.30 bits per heavy atom. The first-order valence-corrected chi connectivity index (χ1v) is 17.7. The maximum absolute atomic E-state index is 12.3. The fourth-order valence-electron chi connectivity index (χ4n) is 6.08. The molecule has 252 valence electrons. The second kappa shape index (κ2) is 13.5. The van der Waals surface area contributed by atoms with Crippen molar-refractivity contribution < 1.29 is 38.4 Å². The van der Waals surface area contributed by atoms with E-state index in [4.69, 9.17) is 23.7 Å². The lowest BCUT2D eigenvalue weighted by atomic mass is 9.99. The second-order valence-corrected chi connectivity index (χ2v) is 14.1. The Morgan fingerprint density at radius 2 is 0.880 bits per heavy atom. The quantitative estimate of drug-likeness (QED) is 0.147. The number of benzene rings is 4. The van der Waals surface area contributed by atoms with Crippen molar-refractivity contribution in [3.63, 3.8) is 0 Å². The highest BCUT2D eigenvalue weighted by atomic mass is 32.1. The lowest BCUT2D eigenvalue weighted by Gasteiger charge is -2.14. The van der Waals surface area contributed by atoms with E-state index in [1.807, 2.05) is 48.5 Å². The lowest BCUT2D eigenvalue weighted by molar-refractivity contribution is 0.0592. The Hall–Kier alpha value is -5.36. The Bertz CT molecular complexity index is 2380. The van der Waals surface area contributed by atoms with Crippen LogP contribution >= 0.6 is 34.0 Å². The third-order valence-electron chi connectivity index (χ3n) is 8.43. The topological polar surface area (TPSA) is 101 Å². The molecule has 0 bridgehead atoms. The molecule has 0 amide bonds. The number of hydrogen-bond acceptors (Lipinski definition) is 11. The van der Waals surface area contributed by atoms with Gasteiger partial charge in [-0.3, -0.25) is 0 Å². The number of phenols is 1. The highest BCUT2D eigenvalue weighted by Crippen LogP contribution is 2.60. The highest BCUT2D eigenvalue weighted by molar-refractivity contribution is 7.41. The van der Waals surface area contributed by atoms with Crippen molar-refractivity contribution in [2.45, 2.75) is 0 Å². The van der Waals surface area contributed by atoms with Crippen LogP contribution in [0.25, 0.3) is 61.9 Å². The summed E-state index contributed by atoms with van der Waals surface area (Å²) in [6.45, 7) is 0. The molecule has 50 heavy (non-hydrogen) atoms. The van der Waals surface area contributed by atoms with Crippen LogP contribution in [-0.4, -0.2) is 52.6 Å². The summed E-state index contributed by atoms with van der Waals surface area (Å²) in [5, 5.41) is 11.2. The average Bonchev–Trinajstić information content (AvgIpc) is 3.82. The van der Waals surface area contributed by atoms with Gasteiger partial charge in [-0.1, -0.05) is 36.4 Å². The van der Waals surface area contributed by atoms with Crippen LogP contribution in [0.5, 0.6) is 23.0 Å². The van der Waals surface area contributed by atoms with Gasteiger partial charge in [0.1, 0.15) is 23.0 Å². The van der Waals surface area contributed by atoms with Crippen molar-refractivity contribution >= 4 is 64.7 Å². The number of carbonyl (C=O) groups excluding carboxylic acids is 2. The van der Waals surface area contributed by atoms with Gasteiger partial charge in [-0.15, -0.1) is 34.0 Å². The first kappa shape index (κ1) is 33.2. The molecule has 0 saturated heterocycles. The summed E-state index contributed by atoms with van der Waals surface area (Å²) in [4.78, 5) is 26.4. The summed E-state index contributed by atoms with van der Waals surface area (Å²) < 4.78 is 31.5. The van der Waals surface area contributed by atoms with E-state index in [-0.39, 0.29) is 5.75 Å². The minimum atomic E-state index is -0.423. The van der Waals surface area contributed by atoms with Crippen LogP contribution in [0.4, 0.5) is 0 Å². The molecule has 11 heteroatoms. The van der Waals surface area contributed by atoms with E-state index < -0.39 is 11.9 Å². The number of ether oxygens (including phenoxy) is 5. The van der Waals surface area contributed by atoms with Gasteiger partial charge < -0.3 is 28.8 Å². The van der Waals surface area contributed by atoms with Crippen LogP contribution in [-0.2, 0) is 9.47 Å². The number of esters is 2. The number of aromatic hydroxyl groups is 1. The third-order valence-corrected chi connectivity index (χ3v) is 12.5. The van der Waals surface area contributed by atoms with E-state index in [9.17, 15) is 14.7 Å². The Balaban J connectivity index is 1.57. The van der Waals surface area contributed by atoms with Crippen molar-refractivity contribution in [2.24, 2.45) is 0 Å². The number of carbonyl (C=O) groups is 2. The van der Waals surface area contributed by atoms with Gasteiger partial charge in [-0.25, -0.2) is 9.59 Å². The second-order valence-electron chi connectivity index (χ2n) is 11.1. The number of thiophene rings is 3. The first-order chi connectivity index (χ1) is 24.3. The van der Waals surface area contributed by atoms with Crippen LogP contribution in [0.2, 0.25) is 0 Å². The van der Waals surface area contributed by atoms with Gasteiger partial charge in [-0.2, -0.15) is 0 Å². The van der Waals surface area contributed by atoms with Gasteiger partial charge in [-0.05, 0) is 59.7 Å². The van der Waals surface area contributed by atoms with Gasteiger partial charge in [0.25, 0.3) is 0 Å². The summed E-state index contributed by atoms with van der Waals surface area (Å²) in [6.07, 6.45) is 0. The van der Waals surface area contributed by atoms with E-state index in [1.54, 1.807) is 91.7 Å². The molecule has 0 aliphatic carbocycles. The fraction of sp³-hybridized carbons (Fsp3) is 0.128. The molecule has 0 spiro atoms. The van der Waals surface area contributed by atoms with Crippen molar-refractivity contribution in [1.82, 2.24) is 0 Å². The van der Waals surface area contributed by atoms with Crippen molar-refractivity contribution in [3.05, 3.63) is 96.1 Å². The van der Waals surface area contributed by atoms with Crippen LogP contribution in [0.1, 0.15) is 20.7 Å². The number of rotatable bonds is 9. The van der Waals surface area contributed by atoms with Crippen LogP contribution in [0.15, 0.2) is 84.9 Å². The van der Waals surface area contributed by atoms with E-state index in [1.165, 1.54) is 14.2 Å². The molecule has 0 fully saturated rings. The van der Waals surface area contributed by atoms with Crippen LogP contribution in [0.3, 0.4) is 0 Å². The molecular formula is C39H30O8S3. The lowest BCUT2D eigenvalue weighted by Crippen LogP contribution is -2.00. The fourth-order valence-corrected chi connectivity index (χ4v) is 10.8. The van der Waals surface area contributed by atoms with Gasteiger partial charge >= 0.3 is 11.9 Å². The monoisotopic (exact) mass is 722 g/mol. The molecule has 3 aromatic heterocycles. The van der Waals surface area contributed by atoms with Crippen molar-refractivity contribution in [1.29, 1.82) is 0 Å². The molecule has 1 N–H and O–H groups in total. The summed E-state index contributed by atoms with van der Waals surface area (Å²) in [6, 6.07) is 25.6. The van der Waals surface area contributed by atoms with Gasteiger partial charge in [0.15, 0.2) is 0 Å². The maximum atomic E-state index is 12.3. The van der Waals surface area contributed by atoms with Crippen LogP contribution in [0, 0.1) is 0 Å². The molecule has 4 aromatic carbocycles. The van der Waals surface area contributed by atoms with Gasteiger partial charge in [0.2, 0.25) is 0 Å². The molecule has 3 heterocycles. The van der Waals surface area contributed by atoms with Crippen molar-refractivity contribution in [2.75, 3.05) is 35.5 Å². The predicted molar refractivity (Wildman–Crippen MR) is 201 cm³/mol. The molecule has 8 nitrogen and oxygen atoms in total. The Kier molecular flexibility index (Phi) is 8.96. The molecule has 0 aliphatic rings. The molecule has 0 radical (unpaired) electrons. The minimum absolute atomic E-state index is 0.0962. The SMILES string of the molecule is COC(=O)c1ccc(-c2c(-c3c(O)cccc3OC)sc3c2sc2c(-c4ccc(C(=O)OC)cc4)c(-c4c(OC)cccc4OC)sc23)cc1. The van der Waals surface area contributed by atoms with Crippen LogP contribution < -0.4 is 14.2 Å². The average molecular weight is 723 g/mol. The highest BCUT2D eigenvalue weighted by Gasteiger charge is 2.29. The molecule has 0 unspecified atom stereocenters. The summed E-state index contributed by atoms with van der Waals surface area (Å²) in [7, 11) is 7.58. The zero-order valence-electron chi connectivity index (χ0n) is 27.6. The number of methoxy groups -OCH3 is 5. The van der Waals surface area contributed by atoms with E-state index in [0.717, 1.165) is 56.4 Å². The standard InChI is InChI=1S/C39H30O8S3/c1-43-25-9-6-8-24(40)30(25)32-28(20-12-16-22(17-13-20)38(41)46-4)34-36(48-32)37-35(50-34)29(21-14-18-23(19-15-21)39(42)47-5)33(49-37)31-26(44-2)10-7-11-27(31)45-3/h6-19,40H,1-5H3. The maximum Gasteiger partial charge on any atom is 0.337 e. The smallest absolute Gasteiger partial charge is 0.337 e. The van der Waals surface area contributed by atoms with Gasteiger partial charge in [0, 0.05) is 11.1 Å². The number of fused-ring (bicyclic) bond motifs is 3. The zero-order chi connectivity index (χ0) is 35.1. The normalized spacial score (nSPS) is 11.1. The molecule has 7 aromatic rings. The largest absolute Gasteiger partial charge is 0.507 e. The van der Waals surface area contributed by atoms with E-state index in [2.05, 4.69) is 0 Å². The van der Waals surface area contributed by atoms with Gasteiger partial charge in [0.05, 0.1) is 86.4 Å². The molecular weight excluding hydrogens is 693 g/mol. The Morgan fingerprint density at radius 1 is 0.480 bits per heavy atom. The Labute approximate surface area is 299 Å². The minimum Gasteiger partial charge on any atom is -0.507 e. The molecule has 0 atom stereocenters. The predicted octanol–water partition coefficient (Wildman–Crippen LogP) is 10.2. The first-order valence-electron chi connectivity index (χ1n) is 15.3. The molecule has 7 rings (SSSR count). The molecule has 0 saturated carbocycles. The number of phenolic OH excluding ortho intramolecular Hbond substituents is 1. The van der Waals surface area contributed by atoms with E-state index >= 15 is 0 Å². The third kappa shape index (κ3) is 5.43.